The average Bonchev–Trinajstić information content (AvgIpc) is 3.39. The number of carbonyl (C=O) groups is 1. The van der Waals surface area contributed by atoms with Gasteiger partial charge in [0.05, 0.1) is 26.9 Å². The molecule has 4 rings (SSSR count). The summed E-state index contributed by atoms with van der Waals surface area (Å²) in [5.74, 6) is 1.95. The predicted octanol–water partition coefficient (Wildman–Crippen LogP) is 4.32. The molecule has 2 aromatic carbocycles. The monoisotopic (exact) mass is 527 g/mol. The molecule has 0 radical (unpaired) electrons. The van der Waals surface area contributed by atoms with Crippen molar-refractivity contribution in [3.05, 3.63) is 42.0 Å². The van der Waals surface area contributed by atoms with Crippen LogP contribution in [-0.2, 0) is 0 Å². The van der Waals surface area contributed by atoms with E-state index in [9.17, 15) is 4.79 Å². The molecule has 1 amide bonds. The molecule has 1 fully saturated rings. The maximum absolute atomic E-state index is 13.1. The normalized spacial score (nSPS) is 13.3. The maximum atomic E-state index is 13.1. The molecule has 0 saturated carbocycles. The van der Waals surface area contributed by atoms with Gasteiger partial charge in [0.2, 0.25) is 16.0 Å². The van der Waals surface area contributed by atoms with Crippen molar-refractivity contribution in [3.8, 4) is 23.0 Å². The molecule has 0 spiro atoms. The van der Waals surface area contributed by atoms with Gasteiger partial charge in [-0.15, -0.1) is 10.2 Å². The van der Waals surface area contributed by atoms with E-state index in [0.717, 1.165) is 37.1 Å². The van der Waals surface area contributed by atoms with Gasteiger partial charge in [-0.1, -0.05) is 11.3 Å². The average molecular weight is 528 g/mol. The van der Waals surface area contributed by atoms with E-state index in [1.54, 1.807) is 19.2 Å². The molecule has 1 saturated heterocycles. The van der Waals surface area contributed by atoms with Crippen LogP contribution in [0.2, 0.25) is 0 Å². The van der Waals surface area contributed by atoms with Gasteiger partial charge in [0, 0.05) is 37.4 Å². The van der Waals surface area contributed by atoms with Crippen molar-refractivity contribution in [2.24, 2.45) is 0 Å². The fraction of sp³-hybridized carbons (Fsp3) is 0.423. The van der Waals surface area contributed by atoms with Gasteiger partial charge in [-0.2, -0.15) is 0 Å². The van der Waals surface area contributed by atoms with Gasteiger partial charge in [0.1, 0.15) is 5.75 Å². The van der Waals surface area contributed by atoms with E-state index in [0.29, 0.717) is 47.8 Å². The van der Waals surface area contributed by atoms with E-state index in [2.05, 4.69) is 37.4 Å². The molecular formula is C26H33N5O5S. The highest BCUT2D eigenvalue weighted by atomic mass is 32.1. The summed E-state index contributed by atoms with van der Waals surface area (Å²) in [5, 5.41) is 12.6. The molecule has 0 atom stereocenters. The van der Waals surface area contributed by atoms with Crippen LogP contribution in [0.4, 0.5) is 16.0 Å². The molecule has 1 N–H and O–H groups in total. The van der Waals surface area contributed by atoms with Crippen molar-refractivity contribution in [3.63, 3.8) is 0 Å². The van der Waals surface area contributed by atoms with Crippen molar-refractivity contribution >= 4 is 33.2 Å². The number of rotatable bonds is 11. The maximum Gasteiger partial charge on any atom is 0.257 e. The van der Waals surface area contributed by atoms with Gasteiger partial charge in [-0.05, 0) is 57.2 Å². The second kappa shape index (κ2) is 12.5. The van der Waals surface area contributed by atoms with Crippen molar-refractivity contribution in [2.45, 2.75) is 20.8 Å². The molecule has 198 valence electrons. The van der Waals surface area contributed by atoms with Gasteiger partial charge in [0.25, 0.3) is 5.91 Å². The molecule has 0 unspecified atom stereocenters. The zero-order chi connectivity index (χ0) is 26.2. The van der Waals surface area contributed by atoms with Crippen LogP contribution in [0.1, 0.15) is 31.1 Å². The van der Waals surface area contributed by atoms with E-state index in [4.69, 9.17) is 18.9 Å². The first-order valence-corrected chi connectivity index (χ1v) is 13.2. The Kier molecular flexibility index (Phi) is 8.89. The van der Waals surface area contributed by atoms with Gasteiger partial charge in [0.15, 0.2) is 11.5 Å². The number of carbonyl (C=O) groups excluding carboxylic acids is 1. The van der Waals surface area contributed by atoms with E-state index in [1.165, 1.54) is 17.0 Å². The molecule has 11 heteroatoms. The Bertz CT molecular complexity index is 1150. The Hall–Kier alpha value is -3.73. The smallest absolute Gasteiger partial charge is 0.257 e. The summed E-state index contributed by atoms with van der Waals surface area (Å²) >= 11 is 1.35. The second-order valence-electron chi connectivity index (χ2n) is 8.12. The van der Waals surface area contributed by atoms with Gasteiger partial charge in [-0.25, -0.2) is 0 Å². The molecule has 1 aromatic heterocycles. The minimum atomic E-state index is -0.322. The summed E-state index contributed by atoms with van der Waals surface area (Å²) in [6, 6.07) is 11.4. The van der Waals surface area contributed by atoms with E-state index in [-0.39, 0.29) is 5.91 Å². The molecule has 37 heavy (non-hydrogen) atoms. The summed E-state index contributed by atoms with van der Waals surface area (Å²) in [6.45, 7) is 10.3. The van der Waals surface area contributed by atoms with Crippen molar-refractivity contribution in [1.29, 1.82) is 0 Å². The molecule has 1 aliphatic rings. The molecule has 0 aliphatic carbocycles. The van der Waals surface area contributed by atoms with Crippen LogP contribution in [0, 0.1) is 0 Å². The lowest BCUT2D eigenvalue weighted by molar-refractivity contribution is 0.102. The third-order valence-electron chi connectivity index (χ3n) is 5.79. The number of nitrogens with one attached hydrogen (secondary N) is 1. The lowest BCUT2D eigenvalue weighted by Gasteiger charge is -2.35. The molecular weight excluding hydrogens is 494 g/mol. The van der Waals surface area contributed by atoms with E-state index >= 15 is 0 Å². The molecule has 1 aliphatic heterocycles. The number of hydrogen-bond donors (Lipinski definition) is 1. The zero-order valence-electron chi connectivity index (χ0n) is 21.7. The Labute approximate surface area is 221 Å². The summed E-state index contributed by atoms with van der Waals surface area (Å²) in [6.07, 6.45) is 0. The number of amides is 1. The Morgan fingerprint density at radius 2 is 1.49 bits per heavy atom. The zero-order valence-corrected chi connectivity index (χ0v) is 22.5. The minimum absolute atomic E-state index is 0.322. The third kappa shape index (κ3) is 6.34. The SMILES string of the molecule is CCOc1cc(C(=O)Nc2nnc(N3CCN(c4ccc(OC)cc4)CC3)s2)cc(OCC)c1OCC. The number of piperazine rings is 1. The largest absolute Gasteiger partial charge is 0.497 e. The molecule has 10 nitrogen and oxygen atoms in total. The first-order chi connectivity index (χ1) is 18.1. The van der Waals surface area contributed by atoms with Gasteiger partial charge >= 0.3 is 0 Å². The minimum Gasteiger partial charge on any atom is -0.497 e. The van der Waals surface area contributed by atoms with Crippen LogP contribution in [0.5, 0.6) is 23.0 Å². The van der Waals surface area contributed by atoms with E-state index in [1.807, 2.05) is 32.9 Å². The van der Waals surface area contributed by atoms with Crippen LogP contribution < -0.4 is 34.1 Å². The van der Waals surface area contributed by atoms with Gasteiger partial charge < -0.3 is 28.7 Å². The quantitative estimate of drug-likeness (QED) is 0.391. The van der Waals surface area contributed by atoms with Crippen molar-refractivity contribution < 1.29 is 23.7 Å². The first-order valence-electron chi connectivity index (χ1n) is 12.4. The van der Waals surface area contributed by atoms with Crippen molar-refractivity contribution in [1.82, 2.24) is 10.2 Å². The number of anilines is 3. The highest BCUT2D eigenvalue weighted by Gasteiger charge is 2.22. The highest BCUT2D eigenvalue weighted by Crippen LogP contribution is 2.39. The number of nitrogens with zero attached hydrogens (tertiary/aromatic N) is 4. The summed E-state index contributed by atoms with van der Waals surface area (Å²) < 4.78 is 22.4. The molecule has 3 aromatic rings. The molecule has 2 heterocycles. The summed E-state index contributed by atoms with van der Waals surface area (Å²) in [7, 11) is 1.67. The second-order valence-corrected chi connectivity index (χ2v) is 9.07. The van der Waals surface area contributed by atoms with Crippen LogP contribution in [-0.4, -0.2) is 69.2 Å². The van der Waals surface area contributed by atoms with Crippen LogP contribution in [0.25, 0.3) is 0 Å². The standard InChI is InChI=1S/C26H33N5O5S/c1-5-34-21-16-18(17-22(35-6-2)23(21)36-7-3)24(32)27-25-28-29-26(37-25)31-14-12-30(13-15-31)19-8-10-20(33-4)11-9-19/h8-11,16-17H,5-7,12-15H2,1-4H3,(H,27,28,32). The molecule has 0 bridgehead atoms. The number of aromatic nitrogens is 2. The topological polar surface area (TPSA) is 98.3 Å². The first kappa shape index (κ1) is 26.3. The Morgan fingerprint density at radius 1 is 0.892 bits per heavy atom. The summed E-state index contributed by atoms with van der Waals surface area (Å²) in [4.78, 5) is 17.6. The van der Waals surface area contributed by atoms with Crippen LogP contribution >= 0.6 is 11.3 Å². The van der Waals surface area contributed by atoms with Crippen LogP contribution in [0.3, 0.4) is 0 Å². The number of hydrogen-bond acceptors (Lipinski definition) is 10. The lowest BCUT2D eigenvalue weighted by atomic mass is 10.1. The van der Waals surface area contributed by atoms with E-state index < -0.39 is 0 Å². The third-order valence-corrected chi connectivity index (χ3v) is 6.69. The van der Waals surface area contributed by atoms with Gasteiger partial charge in [-0.3, -0.25) is 10.1 Å². The number of ether oxygens (including phenoxy) is 4. The fourth-order valence-corrected chi connectivity index (χ4v) is 4.82. The predicted molar refractivity (Wildman–Crippen MR) is 145 cm³/mol. The van der Waals surface area contributed by atoms with Crippen molar-refractivity contribution in [2.75, 3.05) is 68.2 Å². The highest BCUT2D eigenvalue weighted by molar-refractivity contribution is 7.19. The Balaban J connectivity index is 1.41. The fourth-order valence-electron chi connectivity index (χ4n) is 4.03. The lowest BCUT2D eigenvalue weighted by Crippen LogP contribution is -2.46. The number of methoxy groups -OCH3 is 1. The Morgan fingerprint density at radius 3 is 2.05 bits per heavy atom. The summed E-state index contributed by atoms with van der Waals surface area (Å²) in [5.41, 5.74) is 1.55. The number of benzene rings is 2. The van der Waals surface area contributed by atoms with Crippen LogP contribution in [0.15, 0.2) is 36.4 Å².